The number of halogens is 1. The second kappa shape index (κ2) is 15.3. The van der Waals surface area contributed by atoms with Crippen molar-refractivity contribution in [3.63, 3.8) is 0 Å². The van der Waals surface area contributed by atoms with Crippen molar-refractivity contribution in [2.75, 3.05) is 26.9 Å². The molecule has 3 N–H and O–H groups in total. The number of hydrogen-bond acceptors (Lipinski definition) is 6. The summed E-state index contributed by atoms with van der Waals surface area (Å²) in [5, 5.41) is 12.4. The zero-order chi connectivity index (χ0) is 23.3. The van der Waals surface area contributed by atoms with E-state index in [0.29, 0.717) is 56.1 Å². The Morgan fingerprint density at radius 1 is 1.06 bits per heavy atom. The molecule has 0 aromatic heterocycles. The van der Waals surface area contributed by atoms with Gasteiger partial charge in [-0.05, 0) is 44.0 Å². The first-order valence-electron chi connectivity index (χ1n) is 11.0. The standard InChI is InChI=1S/C25H33NO6.ClH/c1-4-31-24(28)11-8-16-32-22-13-12-20(17-23(22)30-3)21(27)14-15-26-18(2)25(29)19-9-6-5-7-10-19;/h5-7,9-10,12-13,17-18,25-26,29H,4,8,11,14-16H2,1-3H3;1H. The molecule has 0 fully saturated rings. The van der Waals surface area contributed by atoms with Gasteiger partial charge in [-0.15, -0.1) is 0 Å². The minimum atomic E-state index is -0.591. The highest BCUT2D eigenvalue weighted by atomic mass is 35.5. The molecule has 8 heteroatoms. The van der Waals surface area contributed by atoms with Crippen molar-refractivity contribution in [3.05, 3.63) is 59.7 Å². The zero-order valence-electron chi connectivity index (χ0n) is 19.5. The minimum Gasteiger partial charge on any atom is -1.00 e. The Hall–Kier alpha value is -2.61. The molecule has 0 aliphatic carbocycles. The SMILES string of the molecule is CCOC(=O)CCCOc1ccc(C(=O)CC[NH2+]C(C)C(O)c2ccccc2)cc1OC.[Cl-]. The molecule has 2 aromatic carbocycles. The van der Waals surface area contributed by atoms with Crippen molar-refractivity contribution in [1.82, 2.24) is 0 Å². The molecule has 0 aliphatic rings. The molecule has 0 amide bonds. The van der Waals surface area contributed by atoms with Gasteiger partial charge in [0.2, 0.25) is 0 Å². The van der Waals surface area contributed by atoms with Crippen LogP contribution in [0.2, 0.25) is 0 Å². The topological polar surface area (TPSA) is 98.7 Å². The number of benzene rings is 2. The smallest absolute Gasteiger partial charge is 0.305 e. The summed E-state index contributed by atoms with van der Waals surface area (Å²) in [7, 11) is 1.52. The van der Waals surface area contributed by atoms with Crippen molar-refractivity contribution in [2.24, 2.45) is 0 Å². The third-order valence-corrected chi connectivity index (χ3v) is 5.12. The van der Waals surface area contributed by atoms with Crippen molar-refractivity contribution in [1.29, 1.82) is 0 Å². The van der Waals surface area contributed by atoms with Crippen LogP contribution in [0.4, 0.5) is 0 Å². The lowest BCUT2D eigenvalue weighted by Crippen LogP contribution is -3.00. The van der Waals surface area contributed by atoms with Gasteiger partial charge in [0.05, 0.1) is 33.3 Å². The molecule has 0 aliphatic heterocycles. The molecule has 2 rings (SSSR count). The summed E-state index contributed by atoms with van der Waals surface area (Å²) in [6.45, 7) is 5.00. The summed E-state index contributed by atoms with van der Waals surface area (Å²) >= 11 is 0. The van der Waals surface area contributed by atoms with Gasteiger partial charge in [-0.3, -0.25) is 9.59 Å². The molecule has 0 saturated carbocycles. The van der Waals surface area contributed by atoms with E-state index in [4.69, 9.17) is 14.2 Å². The summed E-state index contributed by atoms with van der Waals surface area (Å²) in [5.74, 6) is 0.754. The third kappa shape index (κ3) is 9.42. The van der Waals surface area contributed by atoms with Crippen molar-refractivity contribution >= 4 is 11.8 Å². The van der Waals surface area contributed by atoms with Gasteiger partial charge in [-0.25, -0.2) is 0 Å². The number of aliphatic hydroxyl groups is 1. The van der Waals surface area contributed by atoms with Crippen LogP contribution >= 0.6 is 0 Å². The van der Waals surface area contributed by atoms with Gasteiger partial charge >= 0.3 is 5.97 Å². The van der Waals surface area contributed by atoms with Gasteiger partial charge < -0.3 is 37.0 Å². The Kier molecular flexibility index (Phi) is 13.1. The molecule has 0 radical (unpaired) electrons. The van der Waals surface area contributed by atoms with E-state index < -0.39 is 6.10 Å². The van der Waals surface area contributed by atoms with E-state index in [1.807, 2.05) is 42.6 Å². The number of quaternary nitrogens is 1. The summed E-state index contributed by atoms with van der Waals surface area (Å²) in [4.78, 5) is 24.0. The molecule has 0 saturated heterocycles. The molecule has 33 heavy (non-hydrogen) atoms. The molecular weight excluding hydrogens is 446 g/mol. The molecule has 7 nitrogen and oxygen atoms in total. The van der Waals surface area contributed by atoms with E-state index in [2.05, 4.69) is 0 Å². The fourth-order valence-electron chi connectivity index (χ4n) is 3.30. The van der Waals surface area contributed by atoms with Crippen molar-refractivity contribution < 1.29 is 46.6 Å². The molecule has 2 unspecified atom stereocenters. The number of Topliss-reactive ketones (excluding diaryl/α,β-unsaturated/α-hetero) is 1. The van der Waals surface area contributed by atoms with Crippen LogP contribution in [-0.2, 0) is 9.53 Å². The lowest BCUT2D eigenvalue weighted by molar-refractivity contribution is -0.693. The van der Waals surface area contributed by atoms with Gasteiger partial charge in [-0.1, -0.05) is 30.3 Å². The average molecular weight is 480 g/mol. The fourth-order valence-corrected chi connectivity index (χ4v) is 3.30. The van der Waals surface area contributed by atoms with Gasteiger partial charge in [0.25, 0.3) is 0 Å². The van der Waals surface area contributed by atoms with Crippen LogP contribution in [0.1, 0.15) is 55.1 Å². The van der Waals surface area contributed by atoms with Crippen molar-refractivity contribution in [2.45, 2.75) is 45.3 Å². The highest BCUT2D eigenvalue weighted by molar-refractivity contribution is 5.96. The fraction of sp³-hybridized carbons (Fsp3) is 0.440. The summed E-state index contributed by atoms with van der Waals surface area (Å²) in [6, 6.07) is 14.5. The molecule has 0 heterocycles. The van der Waals surface area contributed by atoms with E-state index in [1.54, 1.807) is 25.1 Å². The predicted octanol–water partition coefficient (Wildman–Crippen LogP) is -0.320. The number of ketones is 1. The number of carbonyl (C=O) groups is 2. The van der Waals surface area contributed by atoms with E-state index >= 15 is 0 Å². The number of hydrogen-bond donors (Lipinski definition) is 2. The van der Waals surface area contributed by atoms with Crippen LogP contribution in [-0.4, -0.2) is 49.8 Å². The number of nitrogens with two attached hydrogens (primary N) is 1. The number of methoxy groups -OCH3 is 1. The lowest BCUT2D eigenvalue weighted by Gasteiger charge is -2.17. The molecule has 0 bridgehead atoms. The molecular formula is C25H34ClNO6. The first-order chi connectivity index (χ1) is 15.5. The van der Waals surface area contributed by atoms with Crippen LogP contribution in [0.25, 0.3) is 0 Å². The Morgan fingerprint density at radius 3 is 2.45 bits per heavy atom. The van der Waals surface area contributed by atoms with E-state index in [-0.39, 0.29) is 30.2 Å². The third-order valence-electron chi connectivity index (χ3n) is 5.12. The van der Waals surface area contributed by atoms with E-state index in [0.717, 1.165) is 5.56 Å². The molecule has 2 aromatic rings. The van der Waals surface area contributed by atoms with Crippen LogP contribution in [0.5, 0.6) is 11.5 Å². The van der Waals surface area contributed by atoms with Crippen LogP contribution in [0, 0.1) is 0 Å². The summed E-state index contributed by atoms with van der Waals surface area (Å²) < 4.78 is 16.0. The van der Waals surface area contributed by atoms with Crippen LogP contribution < -0.4 is 27.2 Å². The lowest BCUT2D eigenvalue weighted by atomic mass is 10.0. The van der Waals surface area contributed by atoms with Crippen molar-refractivity contribution in [3.8, 4) is 11.5 Å². The number of carbonyl (C=O) groups excluding carboxylic acids is 2. The van der Waals surface area contributed by atoms with E-state index in [1.165, 1.54) is 7.11 Å². The predicted molar refractivity (Wildman–Crippen MR) is 121 cm³/mol. The monoisotopic (exact) mass is 479 g/mol. The number of ether oxygens (including phenoxy) is 3. The highest BCUT2D eigenvalue weighted by Crippen LogP contribution is 2.28. The van der Waals surface area contributed by atoms with Gasteiger partial charge in [0, 0.05) is 12.0 Å². The Balaban J connectivity index is 0.00000544. The second-order valence-electron chi connectivity index (χ2n) is 7.53. The molecule has 182 valence electrons. The Bertz CT molecular complexity index is 861. The number of esters is 1. The molecule has 0 spiro atoms. The molecule has 2 atom stereocenters. The van der Waals surface area contributed by atoms with Crippen LogP contribution in [0.15, 0.2) is 48.5 Å². The Labute approximate surface area is 201 Å². The zero-order valence-corrected chi connectivity index (χ0v) is 20.2. The second-order valence-corrected chi connectivity index (χ2v) is 7.53. The highest BCUT2D eigenvalue weighted by Gasteiger charge is 2.19. The maximum absolute atomic E-state index is 12.6. The summed E-state index contributed by atoms with van der Waals surface area (Å²) in [6.07, 6.45) is 0.576. The maximum atomic E-state index is 12.6. The first-order valence-corrected chi connectivity index (χ1v) is 11.0. The average Bonchev–Trinajstić information content (AvgIpc) is 2.81. The first kappa shape index (κ1) is 28.4. The minimum absolute atomic E-state index is 0. The van der Waals surface area contributed by atoms with Gasteiger partial charge in [0.1, 0.15) is 12.1 Å². The van der Waals surface area contributed by atoms with Crippen LogP contribution in [0.3, 0.4) is 0 Å². The quantitative estimate of drug-likeness (QED) is 0.219. The maximum Gasteiger partial charge on any atom is 0.305 e. The van der Waals surface area contributed by atoms with E-state index in [9.17, 15) is 14.7 Å². The van der Waals surface area contributed by atoms with Gasteiger partial charge in [-0.2, -0.15) is 0 Å². The number of aliphatic hydroxyl groups excluding tert-OH is 1. The Morgan fingerprint density at radius 2 is 1.79 bits per heavy atom. The largest absolute Gasteiger partial charge is 1.00 e. The number of rotatable bonds is 14. The normalized spacial score (nSPS) is 12.2. The van der Waals surface area contributed by atoms with Gasteiger partial charge in [0.15, 0.2) is 17.3 Å². The summed E-state index contributed by atoms with van der Waals surface area (Å²) in [5.41, 5.74) is 1.41.